The first-order valence-corrected chi connectivity index (χ1v) is 8.46. The lowest BCUT2D eigenvalue weighted by molar-refractivity contribution is -0.121. The van der Waals surface area contributed by atoms with Gasteiger partial charge in [0.2, 0.25) is 5.91 Å². The molecule has 7 nitrogen and oxygen atoms in total. The third kappa shape index (κ3) is 2.70. The van der Waals surface area contributed by atoms with Crippen LogP contribution in [0.25, 0.3) is 16.6 Å². The van der Waals surface area contributed by atoms with E-state index >= 15 is 0 Å². The second-order valence-corrected chi connectivity index (χ2v) is 6.38. The Balaban J connectivity index is 1.42. The molecule has 0 unspecified atom stereocenters. The van der Waals surface area contributed by atoms with E-state index in [9.17, 15) is 9.59 Å². The van der Waals surface area contributed by atoms with E-state index in [1.807, 2.05) is 0 Å². The lowest BCUT2D eigenvalue weighted by Gasteiger charge is -2.11. The van der Waals surface area contributed by atoms with Gasteiger partial charge in [0.05, 0.1) is 11.8 Å². The average molecular weight is 328 g/mol. The molecule has 0 aromatic carbocycles. The number of amides is 1. The van der Waals surface area contributed by atoms with E-state index in [1.54, 1.807) is 29.1 Å². The number of carbonyl (C=O) groups is 1. The maximum atomic E-state index is 12.5. The van der Waals surface area contributed by atoms with Crippen molar-refractivity contribution in [2.45, 2.75) is 51.1 Å². The molecule has 1 aliphatic rings. The molecular weight excluding hydrogens is 308 g/mol. The maximum absolute atomic E-state index is 12.5. The summed E-state index contributed by atoms with van der Waals surface area (Å²) in [4.78, 5) is 24.4. The van der Waals surface area contributed by atoms with E-state index in [2.05, 4.69) is 10.4 Å². The van der Waals surface area contributed by atoms with Crippen molar-refractivity contribution >= 4 is 22.5 Å². The minimum Gasteiger partial charge on any atom is -0.463 e. The molecule has 0 aliphatic heterocycles. The predicted molar refractivity (Wildman–Crippen MR) is 88.9 cm³/mol. The molecular formula is C17H20N4O3. The molecule has 1 aliphatic carbocycles. The van der Waals surface area contributed by atoms with Gasteiger partial charge in [-0.3, -0.25) is 14.0 Å². The Kier molecular flexibility index (Phi) is 3.84. The fourth-order valence-corrected chi connectivity index (χ4v) is 3.45. The quantitative estimate of drug-likeness (QED) is 0.777. The number of furan rings is 1. The van der Waals surface area contributed by atoms with Crippen LogP contribution in [-0.4, -0.2) is 26.1 Å². The molecule has 0 spiro atoms. The summed E-state index contributed by atoms with van der Waals surface area (Å²) in [5.74, 6) is 0.0660. The van der Waals surface area contributed by atoms with Crippen LogP contribution in [-0.2, 0) is 11.3 Å². The van der Waals surface area contributed by atoms with Gasteiger partial charge in [-0.1, -0.05) is 12.8 Å². The van der Waals surface area contributed by atoms with Gasteiger partial charge in [0.15, 0.2) is 5.58 Å². The molecule has 1 amide bonds. The van der Waals surface area contributed by atoms with Gasteiger partial charge in [-0.15, -0.1) is 0 Å². The molecule has 24 heavy (non-hydrogen) atoms. The fraction of sp³-hybridized carbons (Fsp3) is 0.471. The van der Waals surface area contributed by atoms with Crippen molar-refractivity contribution in [1.82, 2.24) is 19.5 Å². The Bertz CT molecular complexity index is 930. The minimum absolute atomic E-state index is 0.0660. The third-order valence-electron chi connectivity index (χ3n) is 4.71. The zero-order valence-corrected chi connectivity index (χ0v) is 13.4. The monoisotopic (exact) mass is 328 g/mol. The van der Waals surface area contributed by atoms with Gasteiger partial charge in [0.1, 0.15) is 11.8 Å². The molecule has 1 N–H and O–H groups in total. The molecule has 0 bridgehead atoms. The number of hydrogen-bond acceptors (Lipinski definition) is 4. The third-order valence-corrected chi connectivity index (χ3v) is 4.71. The second kappa shape index (κ2) is 6.14. The van der Waals surface area contributed by atoms with Gasteiger partial charge in [-0.2, -0.15) is 5.10 Å². The van der Waals surface area contributed by atoms with Crippen molar-refractivity contribution in [2.24, 2.45) is 0 Å². The molecule has 126 valence electrons. The number of carbonyl (C=O) groups excluding carboxylic acids is 1. The highest BCUT2D eigenvalue weighted by atomic mass is 16.3. The van der Waals surface area contributed by atoms with E-state index in [4.69, 9.17) is 4.42 Å². The smallest absolute Gasteiger partial charge is 0.291 e. The van der Waals surface area contributed by atoms with Crippen molar-refractivity contribution in [3.05, 3.63) is 35.1 Å². The molecule has 7 heteroatoms. The van der Waals surface area contributed by atoms with Crippen LogP contribution in [0.15, 0.2) is 33.9 Å². The Labute approximate surface area is 138 Å². The molecule has 3 heterocycles. The summed E-state index contributed by atoms with van der Waals surface area (Å²) in [6.07, 6.45) is 8.78. The number of nitrogens with one attached hydrogen (secondary N) is 1. The zero-order valence-electron chi connectivity index (χ0n) is 13.4. The normalized spacial score (nSPS) is 15.5. The Morgan fingerprint density at radius 2 is 2.17 bits per heavy atom. The van der Waals surface area contributed by atoms with Crippen molar-refractivity contribution in [2.75, 3.05) is 0 Å². The summed E-state index contributed by atoms with van der Waals surface area (Å²) < 4.78 is 8.46. The number of hydrogen-bond donors (Lipinski definition) is 1. The number of nitrogens with zero attached hydrogens (tertiary/aromatic N) is 3. The van der Waals surface area contributed by atoms with Crippen LogP contribution in [0.4, 0.5) is 0 Å². The first kappa shape index (κ1) is 15.0. The molecule has 0 radical (unpaired) electrons. The van der Waals surface area contributed by atoms with Crippen molar-refractivity contribution in [3.8, 4) is 0 Å². The van der Waals surface area contributed by atoms with Crippen LogP contribution < -0.4 is 10.9 Å². The van der Waals surface area contributed by atoms with Gasteiger partial charge in [0, 0.05) is 31.1 Å². The number of fused-ring (bicyclic) bond motifs is 3. The van der Waals surface area contributed by atoms with Crippen LogP contribution in [0.3, 0.4) is 0 Å². The highest BCUT2D eigenvalue weighted by molar-refractivity contribution is 5.81. The maximum Gasteiger partial charge on any atom is 0.291 e. The van der Waals surface area contributed by atoms with E-state index in [0.29, 0.717) is 36.5 Å². The van der Waals surface area contributed by atoms with Crippen LogP contribution in [0.5, 0.6) is 0 Å². The van der Waals surface area contributed by atoms with Crippen molar-refractivity contribution in [1.29, 1.82) is 0 Å². The molecule has 0 saturated heterocycles. The van der Waals surface area contributed by atoms with Crippen LogP contribution >= 0.6 is 0 Å². The SMILES string of the molecule is O=C(CCCn1ncn2c(cc3occc32)c1=O)NC1CCCC1. The molecule has 1 saturated carbocycles. The van der Waals surface area contributed by atoms with Gasteiger partial charge < -0.3 is 9.73 Å². The van der Waals surface area contributed by atoms with E-state index in [1.165, 1.54) is 17.5 Å². The minimum atomic E-state index is -0.167. The first-order valence-electron chi connectivity index (χ1n) is 8.46. The fourth-order valence-electron chi connectivity index (χ4n) is 3.45. The van der Waals surface area contributed by atoms with E-state index in [-0.39, 0.29) is 11.5 Å². The lowest BCUT2D eigenvalue weighted by Crippen LogP contribution is -2.33. The molecule has 3 aromatic rings. The first-order chi connectivity index (χ1) is 11.7. The van der Waals surface area contributed by atoms with Gasteiger partial charge in [0.25, 0.3) is 5.56 Å². The summed E-state index contributed by atoms with van der Waals surface area (Å²) in [5.41, 5.74) is 1.87. The predicted octanol–water partition coefficient (Wildman–Crippen LogP) is 2.08. The summed E-state index contributed by atoms with van der Waals surface area (Å²) >= 11 is 0. The number of aromatic nitrogens is 3. The van der Waals surface area contributed by atoms with Crippen molar-refractivity contribution < 1.29 is 9.21 Å². The van der Waals surface area contributed by atoms with Crippen molar-refractivity contribution in [3.63, 3.8) is 0 Å². The van der Waals surface area contributed by atoms with Gasteiger partial charge in [-0.05, 0) is 19.3 Å². The van der Waals surface area contributed by atoms with Crippen LogP contribution in [0, 0.1) is 0 Å². The highest BCUT2D eigenvalue weighted by Gasteiger charge is 2.17. The van der Waals surface area contributed by atoms with E-state index < -0.39 is 0 Å². The Morgan fingerprint density at radius 1 is 1.33 bits per heavy atom. The average Bonchev–Trinajstić information content (AvgIpc) is 3.26. The molecule has 3 aromatic heterocycles. The lowest BCUT2D eigenvalue weighted by atomic mass is 10.2. The van der Waals surface area contributed by atoms with Gasteiger partial charge in [-0.25, -0.2) is 4.68 Å². The van der Waals surface area contributed by atoms with Gasteiger partial charge >= 0.3 is 0 Å². The molecule has 0 atom stereocenters. The second-order valence-electron chi connectivity index (χ2n) is 6.38. The summed E-state index contributed by atoms with van der Waals surface area (Å²) in [7, 11) is 0. The van der Waals surface area contributed by atoms with E-state index in [0.717, 1.165) is 18.4 Å². The highest BCUT2D eigenvalue weighted by Crippen LogP contribution is 2.19. The number of rotatable bonds is 5. The topological polar surface area (TPSA) is 81.5 Å². The summed E-state index contributed by atoms with van der Waals surface area (Å²) in [6, 6.07) is 3.87. The van der Waals surface area contributed by atoms with Crippen LogP contribution in [0.1, 0.15) is 38.5 Å². The summed E-state index contributed by atoms with van der Waals surface area (Å²) in [5, 5.41) is 7.26. The largest absolute Gasteiger partial charge is 0.463 e. The van der Waals surface area contributed by atoms with Crippen LogP contribution in [0.2, 0.25) is 0 Å². The molecule has 4 rings (SSSR count). The molecule has 1 fully saturated rings. The standard InChI is InChI=1S/C17H20N4O3/c22-16(19-12-4-1-2-5-12)6-3-8-21-17(23)14-10-15-13(7-9-24-15)20(14)11-18-21/h7,9-12H,1-6,8H2,(H,19,22). The number of aryl methyl sites for hydroxylation is 1. The Morgan fingerprint density at radius 3 is 3.00 bits per heavy atom. The Hall–Kier alpha value is -2.57. The summed E-state index contributed by atoms with van der Waals surface area (Å²) in [6.45, 7) is 0.431. The zero-order chi connectivity index (χ0) is 16.5.